The minimum Gasteiger partial charge on any atom is -0.632 e. The Morgan fingerprint density at radius 1 is 1.29 bits per heavy atom. The topological polar surface area (TPSA) is 54.5 Å². The molecule has 1 saturated heterocycles. The van der Waals surface area contributed by atoms with E-state index in [4.69, 9.17) is 0 Å². The van der Waals surface area contributed by atoms with Crippen LogP contribution in [0.3, 0.4) is 0 Å². The van der Waals surface area contributed by atoms with Crippen LogP contribution >= 0.6 is 0 Å². The summed E-state index contributed by atoms with van der Waals surface area (Å²) in [4.78, 5) is 0. The first-order valence-electron chi connectivity index (χ1n) is 7.73. The van der Waals surface area contributed by atoms with Gasteiger partial charge in [-0.05, 0) is 27.7 Å². The van der Waals surface area contributed by atoms with Crippen molar-refractivity contribution in [3.8, 4) is 0 Å². The second-order valence-electron chi connectivity index (χ2n) is 7.00. The van der Waals surface area contributed by atoms with Crippen LogP contribution in [0.4, 0.5) is 0 Å². The third-order valence-corrected chi connectivity index (χ3v) is 5.18. The minimum atomic E-state index is -0.692. The Balaban J connectivity index is 2.26. The number of hydroxylamine groups is 4. The lowest BCUT2D eigenvalue weighted by atomic mass is 9.84. The average Bonchev–Trinajstić information content (AvgIpc) is 2.56. The van der Waals surface area contributed by atoms with E-state index in [-0.39, 0.29) is 5.06 Å². The molecule has 0 aromatic carbocycles. The van der Waals surface area contributed by atoms with E-state index in [2.05, 4.69) is 11.5 Å². The normalized spacial score (nSPS) is 28.0. The van der Waals surface area contributed by atoms with Crippen molar-refractivity contribution in [1.29, 1.82) is 0 Å². The molecule has 0 spiro atoms. The molecule has 2 atom stereocenters. The van der Waals surface area contributed by atoms with Gasteiger partial charge < -0.3 is 10.3 Å². The molecule has 1 aromatic heterocycles. The van der Waals surface area contributed by atoms with Gasteiger partial charge in [-0.25, -0.2) is 4.57 Å². The maximum Gasteiger partial charge on any atom is 0.196 e. The lowest BCUT2D eigenvalue weighted by Crippen LogP contribution is -3.14. The zero-order valence-corrected chi connectivity index (χ0v) is 13.7. The maximum absolute atomic E-state index is 12.7. The van der Waals surface area contributed by atoms with Gasteiger partial charge in [0.15, 0.2) is 18.6 Å². The molecule has 0 amide bonds. The number of unbranched alkanes of at least 4 members (excludes halogenated alkanes) is 1. The van der Waals surface area contributed by atoms with Crippen LogP contribution in [0.1, 0.15) is 59.2 Å². The first kappa shape index (κ1) is 16.4. The Kier molecular flexibility index (Phi) is 4.40. The van der Waals surface area contributed by atoms with Crippen molar-refractivity contribution < 1.29 is 14.8 Å². The first-order chi connectivity index (χ1) is 9.73. The first-order valence-corrected chi connectivity index (χ1v) is 7.73. The molecule has 21 heavy (non-hydrogen) atoms. The monoisotopic (exact) mass is 293 g/mol. The van der Waals surface area contributed by atoms with Crippen molar-refractivity contribution in [2.45, 2.75) is 71.2 Å². The van der Waals surface area contributed by atoms with Gasteiger partial charge in [0.2, 0.25) is 0 Å². The third kappa shape index (κ3) is 2.59. The number of nitrogens with one attached hydrogen (secondary N) is 1. The smallest absolute Gasteiger partial charge is 0.196 e. The van der Waals surface area contributed by atoms with E-state index in [1.165, 1.54) is 0 Å². The van der Waals surface area contributed by atoms with Crippen molar-refractivity contribution in [1.82, 2.24) is 5.06 Å². The summed E-state index contributed by atoms with van der Waals surface area (Å²) in [5.74, 6) is 0. The summed E-state index contributed by atoms with van der Waals surface area (Å²) >= 11 is 0. The number of hydrogen-bond donors (Lipinski definition) is 1. The second kappa shape index (κ2) is 5.65. The number of quaternary nitrogens is 1. The molecule has 1 radical (unpaired) electrons. The van der Waals surface area contributed by atoms with Gasteiger partial charge in [0.25, 0.3) is 0 Å². The summed E-state index contributed by atoms with van der Waals surface area (Å²) in [7, 11) is 0. The van der Waals surface area contributed by atoms with Crippen LogP contribution in [0.2, 0.25) is 0 Å². The molecule has 2 rings (SSSR count). The summed E-state index contributed by atoms with van der Waals surface area (Å²) in [6.07, 6.45) is 5.51. The van der Waals surface area contributed by atoms with Crippen LogP contribution in [-0.2, 0) is 11.8 Å². The van der Waals surface area contributed by atoms with Gasteiger partial charge in [0.05, 0.1) is 0 Å². The molecule has 2 heterocycles. The number of rotatable bonds is 4. The van der Waals surface area contributed by atoms with Crippen molar-refractivity contribution in [3.63, 3.8) is 0 Å². The number of pyridine rings is 1. The van der Waals surface area contributed by atoms with Crippen LogP contribution in [0.15, 0.2) is 24.5 Å². The Hall–Kier alpha value is -1.01. The van der Waals surface area contributed by atoms with Crippen molar-refractivity contribution in [2.75, 3.05) is 0 Å². The number of hydrogen-bond acceptors (Lipinski definition) is 2. The molecule has 117 valence electrons. The highest BCUT2D eigenvalue weighted by Gasteiger charge is 2.60. The molecular weight excluding hydrogens is 266 g/mol. The van der Waals surface area contributed by atoms with Crippen LogP contribution in [-0.4, -0.2) is 16.1 Å². The molecular formula is C16H27N3O2+. The highest BCUT2D eigenvalue weighted by molar-refractivity contribution is 5.14. The Morgan fingerprint density at radius 3 is 2.29 bits per heavy atom. The summed E-state index contributed by atoms with van der Waals surface area (Å²) in [6.45, 7) is 10.6. The minimum absolute atomic E-state index is 0.00816. The van der Waals surface area contributed by atoms with Gasteiger partial charge in [-0.3, -0.25) is 0 Å². The third-order valence-electron chi connectivity index (χ3n) is 5.18. The van der Waals surface area contributed by atoms with Crippen molar-refractivity contribution in [2.24, 2.45) is 0 Å². The van der Waals surface area contributed by atoms with Crippen LogP contribution in [0.5, 0.6) is 0 Å². The highest BCUT2D eigenvalue weighted by atomic mass is 16.6. The van der Waals surface area contributed by atoms with E-state index in [1.807, 2.05) is 52.2 Å². The molecule has 1 N–H and O–H groups in total. The fraction of sp³-hybridized carbons (Fsp3) is 0.688. The highest BCUT2D eigenvalue weighted by Crippen LogP contribution is 2.36. The maximum atomic E-state index is 12.7. The number of nitrogens with zero attached hydrogens (tertiary/aromatic N) is 2. The molecule has 0 bridgehead atoms. The molecule has 5 heteroatoms. The Morgan fingerprint density at radius 2 is 1.86 bits per heavy atom. The number of aryl methyl sites for hydroxylation is 1. The van der Waals surface area contributed by atoms with Gasteiger partial charge in [-0.15, -0.1) is 5.21 Å². The van der Waals surface area contributed by atoms with E-state index in [0.29, 0.717) is 0 Å². The summed E-state index contributed by atoms with van der Waals surface area (Å²) in [6, 6.07) is 3.81. The fourth-order valence-electron chi connectivity index (χ4n) is 2.78. The van der Waals surface area contributed by atoms with E-state index in [1.54, 1.807) is 0 Å². The van der Waals surface area contributed by atoms with Crippen LogP contribution < -0.4 is 9.63 Å². The van der Waals surface area contributed by atoms with Gasteiger partial charge >= 0.3 is 0 Å². The molecule has 1 aliphatic heterocycles. The lowest BCUT2D eigenvalue weighted by Gasteiger charge is -2.38. The van der Waals surface area contributed by atoms with Gasteiger partial charge in [-0.1, -0.05) is 18.4 Å². The van der Waals surface area contributed by atoms with E-state index < -0.39 is 17.2 Å². The van der Waals surface area contributed by atoms with E-state index >= 15 is 0 Å². The lowest BCUT2D eigenvalue weighted by molar-refractivity contribution is -0.926. The van der Waals surface area contributed by atoms with Crippen LogP contribution in [0, 0.1) is 5.21 Å². The average molecular weight is 293 g/mol. The predicted octanol–water partition coefficient (Wildman–Crippen LogP) is 1.37. The van der Waals surface area contributed by atoms with Gasteiger partial charge in [0, 0.05) is 24.1 Å². The Bertz CT molecular complexity index is 465. The number of aromatic nitrogens is 1. The molecule has 1 fully saturated rings. The zero-order chi connectivity index (χ0) is 15.8. The molecule has 0 aliphatic carbocycles. The molecule has 1 aromatic rings. The SMILES string of the molecule is CCCC[n+]1ccc(C2N([O])C(C)(C)C(C)(C)[NH+]2[O-])cc1. The summed E-state index contributed by atoms with van der Waals surface area (Å²) in [5.41, 5.74) is -0.544. The van der Waals surface area contributed by atoms with Crippen molar-refractivity contribution >= 4 is 0 Å². The fourth-order valence-corrected chi connectivity index (χ4v) is 2.78. The second-order valence-corrected chi connectivity index (χ2v) is 7.00. The molecule has 2 unspecified atom stereocenters. The van der Waals surface area contributed by atoms with Crippen molar-refractivity contribution in [3.05, 3.63) is 35.3 Å². The quantitative estimate of drug-likeness (QED) is 0.673. The molecule has 1 aliphatic rings. The Labute approximate surface area is 127 Å². The largest absolute Gasteiger partial charge is 0.632 e. The zero-order valence-electron chi connectivity index (χ0n) is 13.7. The van der Waals surface area contributed by atoms with Gasteiger partial charge in [0.1, 0.15) is 17.6 Å². The molecule has 0 saturated carbocycles. The van der Waals surface area contributed by atoms with E-state index in [9.17, 15) is 10.4 Å². The van der Waals surface area contributed by atoms with Crippen LogP contribution in [0.25, 0.3) is 0 Å². The molecule has 5 nitrogen and oxygen atoms in total. The van der Waals surface area contributed by atoms with E-state index in [0.717, 1.165) is 30.0 Å². The predicted molar refractivity (Wildman–Crippen MR) is 79.3 cm³/mol. The summed E-state index contributed by atoms with van der Waals surface area (Å²) in [5, 5.41) is 26.2. The van der Waals surface area contributed by atoms with Gasteiger partial charge in [-0.2, -0.15) is 0 Å². The summed E-state index contributed by atoms with van der Waals surface area (Å²) < 4.78 is 2.10. The standard InChI is InChI=1S/C16H27N3O2/c1-6-7-10-17-11-8-13(9-12-17)14-18(20)15(2,3)16(4,5)19(14)21/h8-9,11-12,14,18H,6-7,10H2,1-5H3/q+1.